The average Bonchev–Trinajstić information content (AvgIpc) is 3.59. The van der Waals surface area contributed by atoms with Gasteiger partial charge in [0.15, 0.2) is 17.5 Å². The molecule has 6 aromatic carbocycles. The van der Waals surface area contributed by atoms with Crippen LogP contribution < -0.4 is 0 Å². The lowest BCUT2D eigenvalue weighted by atomic mass is 9.91. The highest BCUT2D eigenvalue weighted by Gasteiger charge is 2.22. The molecule has 8 aromatic rings. The van der Waals surface area contributed by atoms with E-state index in [1.54, 1.807) is 11.8 Å². The summed E-state index contributed by atoms with van der Waals surface area (Å²) < 4.78 is 6.49. The Morgan fingerprint density at radius 2 is 1.23 bits per heavy atom. The molecule has 3 heterocycles. The summed E-state index contributed by atoms with van der Waals surface area (Å²) in [5.74, 6) is 1.78. The molecule has 0 amide bonds. The van der Waals surface area contributed by atoms with Gasteiger partial charge in [-0.3, -0.25) is 0 Å². The molecule has 0 radical (unpaired) electrons. The van der Waals surface area contributed by atoms with Gasteiger partial charge in [0.1, 0.15) is 11.2 Å². The van der Waals surface area contributed by atoms with E-state index < -0.39 is 0 Å². The van der Waals surface area contributed by atoms with Crippen LogP contribution in [0.2, 0.25) is 0 Å². The fourth-order valence-corrected chi connectivity index (χ4v) is 8.08. The third kappa shape index (κ3) is 5.75. The van der Waals surface area contributed by atoms with Gasteiger partial charge < -0.3 is 4.42 Å². The van der Waals surface area contributed by atoms with Crippen molar-refractivity contribution in [1.29, 1.82) is 0 Å². The Hall–Kier alpha value is -6.30. The van der Waals surface area contributed by atoms with Gasteiger partial charge in [0.05, 0.1) is 5.56 Å². The summed E-state index contributed by atoms with van der Waals surface area (Å²) in [5.41, 5.74) is 11.3. The van der Waals surface area contributed by atoms with Gasteiger partial charge in [0.25, 0.3) is 0 Å². The van der Waals surface area contributed by atoms with Crippen LogP contribution in [0.25, 0.3) is 78.4 Å². The van der Waals surface area contributed by atoms with E-state index >= 15 is 0 Å². The molecule has 52 heavy (non-hydrogen) atoms. The number of nitrogens with zero attached hydrogens (tertiary/aromatic N) is 3. The fraction of sp³-hybridized carbons (Fsp3) is 0.0426. The lowest BCUT2D eigenvalue weighted by Crippen LogP contribution is -2.03. The number of thioether (sulfide) groups is 1. The number of fused-ring (bicyclic) bond motifs is 4. The van der Waals surface area contributed by atoms with Gasteiger partial charge in [-0.05, 0) is 69.8 Å². The van der Waals surface area contributed by atoms with Crippen LogP contribution in [0.3, 0.4) is 0 Å². The Balaban J connectivity index is 1.25. The molecule has 0 saturated heterocycles. The van der Waals surface area contributed by atoms with E-state index in [-0.39, 0.29) is 0 Å². The zero-order valence-electron chi connectivity index (χ0n) is 28.6. The Kier molecular flexibility index (Phi) is 8.18. The maximum absolute atomic E-state index is 6.49. The molecule has 5 heteroatoms. The molecule has 9 rings (SSSR count). The SMILES string of the molecule is C=C/C=C\C1=C(C)Sc2cc(-c3nc(-c4ccccc4-c4ccccc4-c4ccccc4)nc(-c4cccc5c4oc4ccccc45)n3)ccc2C1. The molecule has 0 fully saturated rings. The van der Waals surface area contributed by atoms with Gasteiger partial charge in [-0.1, -0.05) is 158 Å². The zero-order chi connectivity index (χ0) is 35.0. The average molecular weight is 688 g/mol. The zero-order valence-corrected chi connectivity index (χ0v) is 29.4. The second-order valence-electron chi connectivity index (χ2n) is 12.8. The summed E-state index contributed by atoms with van der Waals surface area (Å²) >= 11 is 1.79. The van der Waals surface area contributed by atoms with E-state index in [1.807, 2.05) is 42.5 Å². The van der Waals surface area contributed by atoms with Gasteiger partial charge in [-0.25, -0.2) is 15.0 Å². The highest BCUT2D eigenvalue weighted by atomic mass is 32.2. The Bertz CT molecular complexity index is 2720. The highest BCUT2D eigenvalue weighted by Crippen LogP contribution is 2.42. The van der Waals surface area contributed by atoms with Crippen molar-refractivity contribution in [2.75, 3.05) is 0 Å². The normalized spacial score (nSPS) is 12.9. The van der Waals surface area contributed by atoms with Gasteiger partial charge >= 0.3 is 0 Å². The molecule has 4 nitrogen and oxygen atoms in total. The molecule has 0 bridgehead atoms. The minimum absolute atomic E-state index is 0.564. The van der Waals surface area contributed by atoms with Crippen LogP contribution in [-0.4, -0.2) is 15.0 Å². The number of benzene rings is 6. The molecule has 0 spiro atoms. The van der Waals surface area contributed by atoms with Crippen LogP contribution >= 0.6 is 11.8 Å². The number of allylic oxidation sites excluding steroid dienone is 5. The standard InChI is InChI=1S/C47H33N3OS/c1-3-4-15-32-28-33-26-27-34(29-43(33)52-30(32)2)45-48-46(50-47(49-45)41-24-14-23-39-38-21-12-13-25-42(38)51-44(39)41)40-22-11-10-20-37(40)36-19-9-8-18-35(36)31-16-6-5-7-17-31/h3-27,29H,1,28H2,2H3/b15-4-. The Morgan fingerprint density at radius 3 is 2.04 bits per heavy atom. The van der Waals surface area contributed by atoms with Crippen molar-refractivity contribution in [3.8, 4) is 56.4 Å². The summed E-state index contributed by atoms with van der Waals surface area (Å²) in [7, 11) is 0. The molecular formula is C47H33N3OS. The molecule has 0 N–H and O–H groups in total. The first-order valence-corrected chi connectivity index (χ1v) is 18.2. The summed E-state index contributed by atoms with van der Waals surface area (Å²) in [4.78, 5) is 18.2. The molecule has 0 atom stereocenters. The van der Waals surface area contributed by atoms with Crippen molar-refractivity contribution in [3.63, 3.8) is 0 Å². The lowest BCUT2D eigenvalue weighted by Gasteiger charge is -2.19. The van der Waals surface area contributed by atoms with E-state index in [4.69, 9.17) is 19.4 Å². The first-order valence-electron chi connectivity index (χ1n) is 17.4. The van der Waals surface area contributed by atoms with Gasteiger partial charge in [-0.2, -0.15) is 0 Å². The predicted octanol–water partition coefficient (Wildman–Crippen LogP) is 12.8. The van der Waals surface area contributed by atoms with E-state index in [1.165, 1.54) is 20.9 Å². The van der Waals surface area contributed by atoms with Crippen molar-refractivity contribution < 1.29 is 4.42 Å². The number of aromatic nitrogens is 3. The van der Waals surface area contributed by atoms with E-state index in [0.29, 0.717) is 17.5 Å². The number of hydrogen-bond acceptors (Lipinski definition) is 5. The Morgan fingerprint density at radius 1 is 0.596 bits per heavy atom. The van der Waals surface area contributed by atoms with Crippen molar-refractivity contribution >= 4 is 33.7 Å². The number of para-hydroxylation sites is 2. The minimum Gasteiger partial charge on any atom is -0.455 e. The monoisotopic (exact) mass is 687 g/mol. The maximum Gasteiger partial charge on any atom is 0.167 e. The molecular weight excluding hydrogens is 655 g/mol. The summed E-state index contributed by atoms with van der Waals surface area (Å²) in [6.07, 6.45) is 6.85. The molecule has 0 saturated carbocycles. The van der Waals surface area contributed by atoms with Gasteiger partial charge in [0, 0.05) is 26.8 Å². The largest absolute Gasteiger partial charge is 0.455 e. The first-order chi connectivity index (χ1) is 25.6. The highest BCUT2D eigenvalue weighted by molar-refractivity contribution is 8.03. The van der Waals surface area contributed by atoms with Crippen LogP contribution in [0.5, 0.6) is 0 Å². The third-order valence-electron chi connectivity index (χ3n) is 9.61. The van der Waals surface area contributed by atoms with E-state index in [2.05, 4.69) is 129 Å². The molecule has 1 aliphatic heterocycles. The van der Waals surface area contributed by atoms with Crippen molar-refractivity contribution in [1.82, 2.24) is 15.0 Å². The first kappa shape index (κ1) is 31.7. The molecule has 248 valence electrons. The maximum atomic E-state index is 6.49. The van der Waals surface area contributed by atoms with E-state index in [9.17, 15) is 0 Å². The molecule has 0 aliphatic carbocycles. The summed E-state index contributed by atoms with van der Waals surface area (Å²) in [6.45, 7) is 6.03. The minimum atomic E-state index is 0.564. The van der Waals surface area contributed by atoms with Crippen LogP contribution in [-0.2, 0) is 6.42 Å². The van der Waals surface area contributed by atoms with Gasteiger partial charge in [0.2, 0.25) is 0 Å². The van der Waals surface area contributed by atoms with Crippen LogP contribution in [0, 0.1) is 0 Å². The molecule has 0 unspecified atom stereocenters. The number of furan rings is 1. The van der Waals surface area contributed by atoms with Crippen molar-refractivity contribution in [2.24, 2.45) is 0 Å². The van der Waals surface area contributed by atoms with Crippen LogP contribution in [0.15, 0.2) is 184 Å². The lowest BCUT2D eigenvalue weighted by molar-refractivity contribution is 0.669. The third-order valence-corrected chi connectivity index (χ3v) is 10.8. The molecule has 2 aromatic heterocycles. The number of hydrogen-bond donors (Lipinski definition) is 0. The van der Waals surface area contributed by atoms with E-state index in [0.717, 1.165) is 67.3 Å². The second-order valence-corrected chi connectivity index (χ2v) is 14.1. The van der Waals surface area contributed by atoms with Crippen LogP contribution in [0.1, 0.15) is 12.5 Å². The second kappa shape index (κ2) is 13.4. The summed E-state index contributed by atoms with van der Waals surface area (Å²) in [6, 6.07) is 48.3. The topological polar surface area (TPSA) is 51.8 Å². The number of rotatable bonds is 7. The van der Waals surface area contributed by atoms with Crippen molar-refractivity contribution in [2.45, 2.75) is 18.2 Å². The quantitative estimate of drug-likeness (QED) is 0.156. The smallest absolute Gasteiger partial charge is 0.167 e. The van der Waals surface area contributed by atoms with Crippen molar-refractivity contribution in [3.05, 3.63) is 180 Å². The van der Waals surface area contributed by atoms with Crippen LogP contribution in [0.4, 0.5) is 0 Å². The molecule has 1 aliphatic rings. The predicted molar refractivity (Wildman–Crippen MR) is 216 cm³/mol. The Labute approximate surface area is 307 Å². The summed E-state index contributed by atoms with van der Waals surface area (Å²) in [5, 5.41) is 2.09. The fourth-order valence-electron chi connectivity index (χ4n) is 7.02. The van der Waals surface area contributed by atoms with Gasteiger partial charge in [-0.15, -0.1) is 0 Å².